The number of rotatable bonds is 7. The van der Waals surface area contributed by atoms with Crippen LogP contribution in [0.5, 0.6) is 0 Å². The minimum absolute atomic E-state index is 0.107. The number of amides is 1. The molecule has 1 amide bonds. The number of hydrogen-bond acceptors (Lipinski definition) is 8. The van der Waals surface area contributed by atoms with E-state index < -0.39 is 0 Å². The summed E-state index contributed by atoms with van der Waals surface area (Å²) in [5.74, 6) is 0.664. The van der Waals surface area contributed by atoms with Crippen LogP contribution >= 0.6 is 23.1 Å². The van der Waals surface area contributed by atoms with Crippen LogP contribution in [-0.4, -0.2) is 41.1 Å². The van der Waals surface area contributed by atoms with Crippen molar-refractivity contribution in [2.75, 3.05) is 5.32 Å². The van der Waals surface area contributed by atoms with Gasteiger partial charge in [0, 0.05) is 24.5 Å². The molecule has 136 valence electrons. The lowest BCUT2D eigenvalue weighted by Crippen LogP contribution is -2.25. The zero-order chi connectivity index (χ0) is 18.5. The number of hydrogen-bond donors (Lipinski definition) is 1. The second-order valence-corrected chi connectivity index (χ2v) is 7.77. The van der Waals surface area contributed by atoms with Crippen molar-refractivity contribution in [3.8, 4) is 11.4 Å². The fourth-order valence-electron chi connectivity index (χ4n) is 2.36. The van der Waals surface area contributed by atoms with Gasteiger partial charge in [0.2, 0.25) is 11.0 Å². The Bertz CT molecular complexity index is 878. The topological polar surface area (TPSA) is 98.5 Å². The van der Waals surface area contributed by atoms with Gasteiger partial charge in [-0.25, -0.2) is 0 Å². The first kappa shape index (κ1) is 18.5. The van der Waals surface area contributed by atoms with Crippen LogP contribution in [0, 0.1) is 6.92 Å². The maximum atomic E-state index is 12.6. The van der Waals surface area contributed by atoms with Crippen molar-refractivity contribution in [3.63, 3.8) is 0 Å². The van der Waals surface area contributed by atoms with Crippen molar-refractivity contribution < 1.29 is 4.79 Å². The fraction of sp³-hybridized carbons (Fsp3) is 0.375. The summed E-state index contributed by atoms with van der Waals surface area (Å²) in [6.45, 7) is 6.56. The van der Waals surface area contributed by atoms with Crippen LogP contribution in [0.4, 0.5) is 5.13 Å². The molecule has 1 atom stereocenters. The van der Waals surface area contributed by atoms with E-state index in [0.29, 0.717) is 18.1 Å². The van der Waals surface area contributed by atoms with E-state index in [-0.39, 0.29) is 11.2 Å². The first-order valence-corrected chi connectivity index (χ1v) is 9.93. The highest BCUT2D eigenvalue weighted by Crippen LogP contribution is 2.29. The van der Waals surface area contributed by atoms with E-state index in [4.69, 9.17) is 0 Å². The van der Waals surface area contributed by atoms with Crippen molar-refractivity contribution in [3.05, 3.63) is 29.5 Å². The fourth-order valence-corrected chi connectivity index (χ4v) is 3.97. The summed E-state index contributed by atoms with van der Waals surface area (Å²) < 4.78 is 2.00. The first-order chi connectivity index (χ1) is 12.6. The Hall–Kier alpha value is -2.33. The summed E-state index contributed by atoms with van der Waals surface area (Å²) in [6.07, 6.45) is 4.11. The van der Waals surface area contributed by atoms with Gasteiger partial charge in [-0.2, -0.15) is 0 Å². The Morgan fingerprint density at radius 1 is 1.23 bits per heavy atom. The molecule has 10 heteroatoms. The SMILES string of the molecule is CC[C@@H](Sc1nnc(-c2ccncc2)n1CC)C(=O)Nc1nnc(C)s1. The molecule has 0 radical (unpaired) electrons. The second-order valence-electron chi connectivity index (χ2n) is 5.42. The minimum Gasteiger partial charge on any atom is -0.302 e. The summed E-state index contributed by atoms with van der Waals surface area (Å²) in [6, 6.07) is 3.79. The van der Waals surface area contributed by atoms with Gasteiger partial charge in [0.05, 0.1) is 5.25 Å². The number of carbonyl (C=O) groups excluding carboxylic acids is 1. The lowest BCUT2D eigenvalue weighted by molar-refractivity contribution is -0.115. The van der Waals surface area contributed by atoms with E-state index in [1.807, 2.05) is 37.5 Å². The van der Waals surface area contributed by atoms with Crippen LogP contribution in [0.25, 0.3) is 11.4 Å². The largest absolute Gasteiger partial charge is 0.302 e. The first-order valence-electron chi connectivity index (χ1n) is 8.23. The molecular formula is C16H19N7OS2. The Morgan fingerprint density at radius 3 is 2.62 bits per heavy atom. The normalized spacial score (nSPS) is 12.1. The third-order valence-corrected chi connectivity index (χ3v) is 5.74. The molecule has 0 bridgehead atoms. The molecular weight excluding hydrogens is 370 g/mol. The van der Waals surface area contributed by atoms with Crippen molar-refractivity contribution in [2.45, 2.75) is 44.1 Å². The van der Waals surface area contributed by atoms with Gasteiger partial charge in [-0.3, -0.25) is 15.1 Å². The van der Waals surface area contributed by atoms with Crippen molar-refractivity contribution in [1.29, 1.82) is 0 Å². The molecule has 0 aliphatic carbocycles. The number of carbonyl (C=O) groups is 1. The molecule has 0 unspecified atom stereocenters. The number of aryl methyl sites for hydroxylation is 1. The molecule has 8 nitrogen and oxygen atoms in total. The third-order valence-electron chi connectivity index (χ3n) is 3.64. The van der Waals surface area contributed by atoms with Crippen molar-refractivity contribution in [2.24, 2.45) is 0 Å². The van der Waals surface area contributed by atoms with Crippen LogP contribution in [-0.2, 0) is 11.3 Å². The Balaban J connectivity index is 1.78. The monoisotopic (exact) mass is 389 g/mol. The lowest BCUT2D eigenvalue weighted by Gasteiger charge is -2.13. The smallest absolute Gasteiger partial charge is 0.239 e. The zero-order valence-electron chi connectivity index (χ0n) is 14.7. The van der Waals surface area contributed by atoms with E-state index in [0.717, 1.165) is 21.6 Å². The summed E-state index contributed by atoms with van der Waals surface area (Å²) in [7, 11) is 0. The number of anilines is 1. The maximum absolute atomic E-state index is 12.6. The number of aromatic nitrogens is 6. The predicted molar refractivity (Wildman–Crippen MR) is 102 cm³/mol. The average molecular weight is 390 g/mol. The molecule has 3 heterocycles. The summed E-state index contributed by atoms with van der Waals surface area (Å²) in [4.78, 5) is 16.6. The van der Waals surface area contributed by atoms with Crippen LogP contribution < -0.4 is 5.32 Å². The molecule has 3 aromatic heterocycles. The summed E-state index contributed by atoms with van der Waals surface area (Å²) in [5, 5.41) is 21.0. The number of thioether (sulfide) groups is 1. The van der Waals surface area contributed by atoms with Crippen LogP contribution in [0.15, 0.2) is 29.7 Å². The van der Waals surface area contributed by atoms with Gasteiger partial charge in [0.15, 0.2) is 11.0 Å². The quantitative estimate of drug-likeness (QED) is 0.620. The molecule has 0 aromatic carbocycles. The molecule has 3 rings (SSSR count). The van der Waals surface area contributed by atoms with Gasteiger partial charge in [-0.05, 0) is 32.4 Å². The Kier molecular flexibility index (Phi) is 5.94. The van der Waals surface area contributed by atoms with Crippen molar-refractivity contribution in [1.82, 2.24) is 29.9 Å². The number of pyridine rings is 1. The van der Waals surface area contributed by atoms with Crippen LogP contribution in [0.1, 0.15) is 25.3 Å². The van der Waals surface area contributed by atoms with Gasteiger partial charge >= 0.3 is 0 Å². The molecule has 26 heavy (non-hydrogen) atoms. The molecule has 0 saturated heterocycles. The standard InChI is InChI=1S/C16H19N7OS2/c1-4-12(14(24)18-15-21-19-10(3)25-15)26-16-22-20-13(23(16)5-2)11-6-8-17-9-7-11/h6-9,12H,4-5H2,1-3H3,(H,18,21,24)/t12-/m1/s1. The van der Waals surface area contributed by atoms with Gasteiger partial charge in [-0.15, -0.1) is 20.4 Å². The van der Waals surface area contributed by atoms with E-state index in [1.165, 1.54) is 23.1 Å². The number of nitrogens with one attached hydrogen (secondary N) is 1. The van der Waals surface area contributed by atoms with E-state index >= 15 is 0 Å². The Labute approximate surface area is 159 Å². The van der Waals surface area contributed by atoms with E-state index in [2.05, 4.69) is 30.7 Å². The molecule has 0 saturated carbocycles. The maximum Gasteiger partial charge on any atom is 0.239 e. The molecule has 3 aromatic rings. The van der Waals surface area contributed by atoms with E-state index in [9.17, 15) is 4.79 Å². The zero-order valence-corrected chi connectivity index (χ0v) is 16.3. The lowest BCUT2D eigenvalue weighted by atomic mass is 10.2. The highest BCUT2D eigenvalue weighted by Gasteiger charge is 2.23. The second kappa shape index (κ2) is 8.37. The van der Waals surface area contributed by atoms with Gasteiger partial charge in [0.1, 0.15) is 5.01 Å². The molecule has 1 N–H and O–H groups in total. The molecule has 0 spiro atoms. The van der Waals surface area contributed by atoms with Gasteiger partial charge < -0.3 is 4.57 Å². The van der Waals surface area contributed by atoms with Crippen LogP contribution in [0.3, 0.4) is 0 Å². The summed E-state index contributed by atoms with van der Waals surface area (Å²) in [5.41, 5.74) is 0.947. The predicted octanol–water partition coefficient (Wildman–Crippen LogP) is 3.03. The highest BCUT2D eigenvalue weighted by molar-refractivity contribution is 8.00. The molecule has 0 aliphatic heterocycles. The van der Waals surface area contributed by atoms with Gasteiger partial charge in [0.25, 0.3) is 0 Å². The molecule has 0 fully saturated rings. The van der Waals surface area contributed by atoms with Gasteiger partial charge in [-0.1, -0.05) is 30.0 Å². The van der Waals surface area contributed by atoms with Crippen LogP contribution in [0.2, 0.25) is 0 Å². The summed E-state index contributed by atoms with van der Waals surface area (Å²) >= 11 is 2.76. The van der Waals surface area contributed by atoms with Crippen molar-refractivity contribution >= 4 is 34.1 Å². The minimum atomic E-state index is -0.293. The highest BCUT2D eigenvalue weighted by atomic mass is 32.2. The average Bonchev–Trinajstić information content (AvgIpc) is 3.25. The third kappa shape index (κ3) is 4.07. The molecule has 0 aliphatic rings. The number of nitrogens with zero attached hydrogens (tertiary/aromatic N) is 6. The Morgan fingerprint density at radius 2 is 2.00 bits per heavy atom. The van der Waals surface area contributed by atoms with E-state index in [1.54, 1.807) is 12.4 Å².